The molecule has 0 aromatic carbocycles. The number of rotatable bonds is 8. The molecule has 0 rings (SSSR count). The van der Waals surface area contributed by atoms with E-state index >= 15 is 0 Å². The van der Waals surface area contributed by atoms with Crippen molar-refractivity contribution in [1.29, 1.82) is 0 Å². The Kier molecular flexibility index (Phi) is 9.02. The molecule has 0 amide bonds. The molecule has 4 nitrogen and oxygen atoms in total. The van der Waals surface area contributed by atoms with E-state index in [1.165, 1.54) is 0 Å². The van der Waals surface area contributed by atoms with Crippen LogP contribution in [0, 0.1) is 0 Å². The summed E-state index contributed by atoms with van der Waals surface area (Å²) < 4.78 is 10.3. The average molecular weight is 314 g/mol. The molecule has 5 heteroatoms. The largest absolute Gasteiger partial charge is 0.462 e. The molecular formula is C9H15IO4. The summed E-state index contributed by atoms with van der Waals surface area (Å²) in [5.41, 5.74) is 0. The molecule has 0 saturated heterocycles. The highest BCUT2D eigenvalue weighted by Gasteiger charge is 2.20. The van der Waals surface area contributed by atoms with Crippen molar-refractivity contribution >= 4 is 35.0 Å². The number of unbranched alkanes of at least 4 members (excludes halogenated alkanes) is 1. The predicted octanol–water partition coefficient (Wildman–Crippen LogP) is 1.70. The van der Waals surface area contributed by atoms with Crippen LogP contribution in [0.5, 0.6) is 0 Å². The summed E-state index contributed by atoms with van der Waals surface area (Å²) in [6.07, 6.45) is 1.61. The van der Waals surface area contributed by atoms with Gasteiger partial charge in [-0.15, -0.1) is 0 Å². The van der Waals surface area contributed by atoms with Crippen molar-refractivity contribution < 1.29 is 19.1 Å². The molecule has 0 aromatic rings. The number of carbonyl (C=O) groups excluding carboxylic acids is 2. The maximum atomic E-state index is 11.3. The molecule has 0 saturated carbocycles. The molecule has 0 radical (unpaired) electrons. The first-order chi connectivity index (χ1) is 6.76. The Hall–Kier alpha value is -0.330. The molecule has 0 fully saturated rings. The SMILES string of the molecule is CCCCC(OC=O)C(=O)OCCI. The highest BCUT2D eigenvalue weighted by Crippen LogP contribution is 2.06. The second kappa shape index (κ2) is 9.23. The maximum absolute atomic E-state index is 11.3. The minimum atomic E-state index is -0.726. The third-order valence-electron chi connectivity index (χ3n) is 1.62. The summed E-state index contributed by atoms with van der Waals surface area (Å²) in [6, 6.07) is 0. The number of hydrogen-bond acceptors (Lipinski definition) is 4. The van der Waals surface area contributed by atoms with Gasteiger partial charge in [-0.2, -0.15) is 0 Å². The second-order valence-corrected chi connectivity index (χ2v) is 3.80. The van der Waals surface area contributed by atoms with Gasteiger partial charge in [0, 0.05) is 4.43 Å². The Bertz CT molecular complexity index is 172. The minimum Gasteiger partial charge on any atom is -0.462 e. The van der Waals surface area contributed by atoms with E-state index in [-0.39, 0.29) is 0 Å². The number of carbonyl (C=O) groups is 2. The van der Waals surface area contributed by atoms with E-state index in [9.17, 15) is 9.59 Å². The van der Waals surface area contributed by atoms with E-state index in [1.54, 1.807) is 0 Å². The number of ether oxygens (including phenoxy) is 2. The van der Waals surface area contributed by atoms with Gasteiger partial charge < -0.3 is 9.47 Å². The summed E-state index contributed by atoms with van der Waals surface area (Å²) in [5, 5.41) is 0. The molecule has 0 heterocycles. The van der Waals surface area contributed by atoms with Gasteiger partial charge in [-0.05, 0) is 12.8 Å². The van der Waals surface area contributed by atoms with E-state index in [4.69, 9.17) is 4.74 Å². The number of esters is 1. The Balaban J connectivity index is 3.90. The number of hydrogen-bond donors (Lipinski definition) is 0. The van der Waals surface area contributed by atoms with Gasteiger partial charge >= 0.3 is 5.97 Å². The van der Waals surface area contributed by atoms with Gasteiger partial charge in [0.2, 0.25) is 0 Å². The van der Waals surface area contributed by atoms with Gasteiger partial charge in [-0.25, -0.2) is 4.79 Å². The van der Waals surface area contributed by atoms with E-state index in [1.807, 2.05) is 6.92 Å². The summed E-state index contributed by atoms with van der Waals surface area (Å²) in [5.74, 6) is -0.442. The molecule has 0 spiro atoms. The highest BCUT2D eigenvalue weighted by atomic mass is 127. The van der Waals surface area contributed by atoms with Crippen LogP contribution in [0.15, 0.2) is 0 Å². The molecule has 0 N–H and O–H groups in total. The maximum Gasteiger partial charge on any atom is 0.347 e. The van der Waals surface area contributed by atoms with Crippen LogP contribution in [0.2, 0.25) is 0 Å². The molecule has 1 unspecified atom stereocenters. The zero-order valence-corrected chi connectivity index (χ0v) is 10.4. The van der Waals surface area contributed by atoms with Crippen LogP contribution in [-0.4, -0.2) is 29.6 Å². The third-order valence-corrected chi connectivity index (χ3v) is 2.06. The fraction of sp³-hybridized carbons (Fsp3) is 0.778. The molecule has 14 heavy (non-hydrogen) atoms. The average Bonchev–Trinajstić information content (AvgIpc) is 2.20. The molecule has 1 atom stereocenters. The van der Waals surface area contributed by atoms with E-state index < -0.39 is 12.1 Å². The summed E-state index contributed by atoms with van der Waals surface area (Å²) in [7, 11) is 0. The van der Waals surface area contributed by atoms with Crippen molar-refractivity contribution in [1.82, 2.24) is 0 Å². The van der Waals surface area contributed by atoms with Crippen molar-refractivity contribution in [2.45, 2.75) is 32.3 Å². The Morgan fingerprint density at radius 2 is 2.29 bits per heavy atom. The van der Waals surface area contributed by atoms with Crippen molar-refractivity contribution in [3.63, 3.8) is 0 Å². The lowest BCUT2D eigenvalue weighted by Gasteiger charge is -2.12. The van der Waals surface area contributed by atoms with Gasteiger partial charge in [-0.1, -0.05) is 35.9 Å². The van der Waals surface area contributed by atoms with E-state index in [2.05, 4.69) is 27.3 Å². The minimum absolute atomic E-state index is 0.297. The monoisotopic (exact) mass is 314 g/mol. The Labute approximate surface area is 97.5 Å². The van der Waals surface area contributed by atoms with Crippen molar-refractivity contribution in [3.8, 4) is 0 Å². The lowest BCUT2D eigenvalue weighted by atomic mass is 10.1. The van der Waals surface area contributed by atoms with Crippen molar-refractivity contribution in [3.05, 3.63) is 0 Å². The van der Waals surface area contributed by atoms with Gasteiger partial charge in [0.05, 0.1) is 0 Å². The van der Waals surface area contributed by atoms with Crippen molar-refractivity contribution in [2.24, 2.45) is 0 Å². The smallest absolute Gasteiger partial charge is 0.347 e. The van der Waals surface area contributed by atoms with Crippen LogP contribution in [0.25, 0.3) is 0 Å². The summed E-state index contributed by atoms with van der Waals surface area (Å²) >= 11 is 2.11. The normalized spacial score (nSPS) is 11.9. The first-order valence-electron chi connectivity index (χ1n) is 4.58. The van der Waals surface area contributed by atoms with Crippen LogP contribution in [0.4, 0.5) is 0 Å². The zero-order valence-electron chi connectivity index (χ0n) is 8.20. The standard InChI is InChI=1S/C9H15IO4/c1-2-3-4-8(14-7-11)9(12)13-6-5-10/h7-8H,2-6H2,1H3. The van der Waals surface area contributed by atoms with Crippen LogP contribution in [0.3, 0.4) is 0 Å². The third kappa shape index (κ3) is 6.17. The summed E-state index contributed by atoms with van der Waals surface area (Å²) in [4.78, 5) is 21.4. The van der Waals surface area contributed by atoms with Crippen LogP contribution < -0.4 is 0 Å². The molecule has 0 aliphatic carbocycles. The van der Waals surface area contributed by atoms with E-state index in [0.717, 1.165) is 17.3 Å². The number of halogens is 1. The second-order valence-electron chi connectivity index (χ2n) is 2.72. The number of alkyl halides is 1. The van der Waals surface area contributed by atoms with Gasteiger partial charge in [0.15, 0.2) is 6.10 Å². The molecule has 0 aromatic heterocycles. The first-order valence-corrected chi connectivity index (χ1v) is 6.10. The van der Waals surface area contributed by atoms with Crippen molar-refractivity contribution in [2.75, 3.05) is 11.0 Å². The highest BCUT2D eigenvalue weighted by molar-refractivity contribution is 14.1. The topological polar surface area (TPSA) is 52.6 Å². The molecule has 0 aliphatic heterocycles. The zero-order chi connectivity index (χ0) is 10.8. The Morgan fingerprint density at radius 3 is 2.79 bits per heavy atom. The molecule has 0 aliphatic rings. The lowest BCUT2D eigenvalue weighted by molar-refractivity contribution is -0.161. The summed E-state index contributed by atoms with van der Waals surface area (Å²) in [6.45, 7) is 2.67. The first kappa shape index (κ1) is 13.7. The lowest BCUT2D eigenvalue weighted by Crippen LogP contribution is -2.26. The quantitative estimate of drug-likeness (QED) is 0.296. The predicted molar refractivity (Wildman–Crippen MR) is 60.3 cm³/mol. The van der Waals surface area contributed by atoms with Crippen LogP contribution in [0.1, 0.15) is 26.2 Å². The van der Waals surface area contributed by atoms with Gasteiger partial charge in [-0.3, -0.25) is 4.79 Å². The molecule has 82 valence electrons. The fourth-order valence-corrected chi connectivity index (χ4v) is 1.15. The van der Waals surface area contributed by atoms with Gasteiger partial charge in [0.25, 0.3) is 6.47 Å². The van der Waals surface area contributed by atoms with E-state index in [0.29, 0.717) is 19.5 Å². The van der Waals surface area contributed by atoms with Crippen LogP contribution >= 0.6 is 22.6 Å². The Morgan fingerprint density at radius 1 is 1.57 bits per heavy atom. The van der Waals surface area contributed by atoms with Gasteiger partial charge in [0.1, 0.15) is 6.61 Å². The molecule has 0 bridgehead atoms. The molecular weight excluding hydrogens is 299 g/mol. The van der Waals surface area contributed by atoms with Crippen LogP contribution in [-0.2, 0) is 19.1 Å². The fourth-order valence-electron chi connectivity index (χ4n) is 0.930.